The quantitative estimate of drug-likeness (QED) is 0.375. The van der Waals surface area contributed by atoms with Crippen molar-refractivity contribution in [1.82, 2.24) is 0 Å². The smallest absolute Gasteiger partial charge is 0.181 e. The molecule has 1 aliphatic heterocycles. The summed E-state index contributed by atoms with van der Waals surface area (Å²) in [5.41, 5.74) is 0. The summed E-state index contributed by atoms with van der Waals surface area (Å²) < 4.78 is 4.56. The summed E-state index contributed by atoms with van der Waals surface area (Å²) >= 11 is 0. The molecular formula is C5H10O4. The lowest BCUT2D eigenvalue weighted by molar-refractivity contribution is -0.211. The molecule has 54 valence electrons. The van der Waals surface area contributed by atoms with Crippen LogP contribution in [0, 0.1) is 0 Å². The third kappa shape index (κ3) is 1.62. The Balaban J connectivity index is 2.35. The highest BCUT2D eigenvalue weighted by atomic mass is 16.6. The van der Waals surface area contributed by atoms with E-state index in [1.807, 2.05) is 0 Å². The van der Waals surface area contributed by atoms with Gasteiger partial charge in [0.2, 0.25) is 0 Å². The maximum atomic E-state index is 8.81. The van der Waals surface area contributed by atoms with E-state index in [1.165, 1.54) is 0 Å². The summed E-state index contributed by atoms with van der Waals surface area (Å²) in [6, 6.07) is 0. The molecule has 0 unspecified atom stereocenters. The lowest BCUT2D eigenvalue weighted by Crippen LogP contribution is -2.40. The van der Waals surface area contributed by atoms with Gasteiger partial charge in [-0.15, -0.1) is 0 Å². The number of hydrogen-bond acceptors (Lipinski definition) is 4. The fourth-order valence-corrected chi connectivity index (χ4v) is 0.784. The van der Waals surface area contributed by atoms with Crippen LogP contribution in [0.15, 0.2) is 0 Å². The molecule has 0 bridgehead atoms. The van der Waals surface area contributed by atoms with Crippen molar-refractivity contribution in [3.05, 3.63) is 0 Å². The van der Waals surface area contributed by atoms with Crippen molar-refractivity contribution in [2.24, 2.45) is 0 Å². The van der Waals surface area contributed by atoms with Gasteiger partial charge in [-0.25, -0.2) is 0 Å². The molecule has 0 aromatic heterocycles. The van der Waals surface area contributed by atoms with Crippen LogP contribution in [0.1, 0.15) is 6.42 Å². The fraction of sp³-hybridized carbons (Fsp3) is 1.00. The molecule has 0 radical (unpaired) electrons. The highest BCUT2D eigenvalue weighted by molar-refractivity contribution is 4.70. The predicted molar refractivity (Wildman–Crippen MR) is 28.6 cm³/mol. The van der Waals surface area contributed by atoms with E-state index in [0.717, 1.165) is 0 Å². The molecule has 3 atom stereocenters. The lowest BCUT2D eigenvalue weighted by atomic mass is 10.1. The summed E-state index contributed by atoms with van der Waals surface area (Å²) in [6.07, 6.45) is -2.49. The molecule has 4 nitrogen and oxygen atoms in total. The van der Waals surface area contributed by atoms with Crippen molar-refractivity contribution >= 4 is 0 Å². The SMILES string of the molecule is O[C@@H]1CO[C@H](O)[C@@H](O)C1. The Morgan fingerprint density at radius 2 is 1.89 bits per heavy atom. The van der Waals surface area contributed by atoms with Crippen LogP contribution in [-0.4, -0.2) is 40.4 Å². The largest absolute Gasteiger partial charge is 0.391 e. The van der Waals surface area contributed by atoms with E-state index in [9.17, 15) is 0 Å². The van der Waals surface area contributed by atoms with Crippen LogP contribution in [0.3, 0.4) is 0 Å². The minimum Gasteiger partial charge on any atom is -0.391 e. The second kappa shape index (κ2) is 2.62. The zero-order chi connectivity index (χ0) is 6.85. The van der Waals surface area contributed by atoms with E-state index in [0.29, 0.717) is 0 Å². The second-order valence-electron chi connectivity index (χ2n) is 2.18. The summed E-state index contributed by atoms with van der Waals surface area (Å²) in [4.78, 5) is 0. The zero-order valence-corrected chi connectivity index (χ0v) is 4.90. The van der Waals surface area contributed by atoms with Crippen LogP contribution in [0.4, 0.5) is 0 Å². The van der Waals surface area contributed by atoms with E-state index >= 15 is 0 Å². The van der Waals surface area contributed by atoms with Crippen molar-refractivity contribution in [2.75, 3.05) is 6.61 Å². The van der Waals surface area contributed by atoms with E-state index in [-0.39, 0.29) is 13.0 Å². The summed E-state index contributed by atoms with van der Waals surface area (Å²) in [6.45, 7) is 0.109. The Morgan fingerprint density at radius 3 is 2.33 bits per heavy atom. The van der Waals surface area contributed by atoms with Gasteiger partial charge in [0.15, 0.2) is 6.29 Å². The van der Waals surface area contributed by atoms with Crippen molar-refractivity contribution in [3.63, 3.8) is 0 Å². The molecule has 0 aromatic carbocycles. The van der Waals surface area contributed by atoms with Crippen molar-refractivity contribution in [1.29, 1.82) is 0 Å². The molecule has 0 aliphatic carbocycles. The highest BCUT2D eigenvalue weighted by Crippen LogP contribution is 2.11. The van der Waals surface area contributed by atoms with Gasteiger partial charge in [0.1, 0.15) is 6.10 Å². The molecule has 3 N–H and O–H groups in total. The van der Waals surface area contributed by atoms with Gasteiger partial charge in [0.05, 0.1) is 12.7 Å². The Morgan fingerprint density at radius 1 is 1.22 bits per heavy atom. The van der Waals surface area contributed by atoms with Crippen LogP contribution in [0.2, 0.25) is 0 Å². The molecule has 0 aromatic rings. The molecule has 1 saturated heterocycles. The van der Waals surface area contributed by atoms with Gasteiger partial charge in [-0.3, -0.25) is 0 Å². The fourth-order valence-electron chi connectivity index (χ4n) is 0.784. The molecular weight excluding hydrogens is 124 g/mol. The van der Waals surface area contributed by atoms with Crippen LogP contribution in [0.25, 0.3) is 0 Å². The molecule has 0 spiro atoms. The number of hydrogen-bond donors (Lipinski definition) is 3. The zero-order valence-electron chi connectivity index (χ0n) is 4.90. The first-order chi connectivity index (χ1) is 4.20. The standard InChI is InChI=1S/C5H10O4/c6-3-1-4(7)5(8)9-2-3/h3-8H,1-2H2/t3-,4-,5-/m0/s1. The van der Waals surface area contributed by atoms with Crippen LogP contribution in [-0.2, 0) is 4.74 Å². The summed E-state index contributed by atoms with van der Waals surface area (Å²) in [5.74, 6) is 0. The number of aliphatic hydroxyl groups is 3. The lowest BCUT2D eigenvalue weighted by Gasteiger charge is -2.26. The Labute approximate surface area is 52.7 Å². The molecule has 0 saturated carbocycles. The monoisotopic (exact) mass is 134 g/mol. The first kappa shape index (κ1) is 6.95. The van der Waals surface area contributed by atoms with Crippen molar-refractivity contribution in [3.8, 4) is 0 Å². The van der Waals surface area contributed by atoms with Gasteiger partial charge < -0.3 is 20.1 Å². The van der Waals surface area contributed by atoms with Gasteiger partial charge in [0, 0.05) is 6.42 Å². The minimum absolute atomic E-state index is 0.109. The third-order valence-electron chi connectivity index (χ3n) is 1.30. The number of ether oxygens (including phenoxy) is 1. The Bertz CT molecular complexity index is 95.0. The van der Waals surface area contributed by atoms with Gasteiger partial charge in [0.25, 0.3) is 0 Å². The predicted octanol–water partition coefficient (Wildman–Crippen LogP) is -1.55. The van der Waals surface area contributed by atoms with Crippen molar-refractivity contribution < 1.29 is 20.1 Å². The highest BCUT2D eigenvalue weighted by Gasteiger charge is 2.26. The van der Waals surface area contributed by atoms with Gasteiger partial charge >= 0.3 is 0 Å². The van der Waals surface area contributed by atoms with E-state index < -0.39 is 18.5 Å². The van der Waals surface area contributed by atoms with Gasteiger partial charge in [-0.05, 0) is 0 Å². The first-order valence-corrected chi connectivity index (χ1v) is 2.86. The van der Waals surface area contributed by atoms with Crippen LogP contribution < -0.4 is 0 Å². The summed E-state index contributed by atoms with van der Waals surface area (Å²) in [5, 5.41) is 26.3. The van der Waals surface area contributed by atoms with Crippen LogP contribution >= 0.6 is 0 Å². The number of aliphatic hydroxyl groups excluding tert-OH is 3. The normalized spacial score (nSPS) is 45.0. The molecule has 1 heterocycles. The molecule has 1 rings (SSSR count). The van der Waals surface area contributed by atoms with Crippen molar-refractivity contribution in [2.45, 2.75) is 24.9 Å². The Hall–Kier alpha value is -0.160. The molecule has 9 heavy (non-hydrogen) atoms. The van der Waals surface area contributed by atoms with E-state index in [1.54, 1.807) is 0 Å². The minimum atomic E-state index is -1.12. The van der Waals surface area contributed by atoms with Gasteiger partial charge in [-0.2, -0.15) is 0 Å². The summed E-state index contributed by atoms with van der Waals surface area (Å²) in [7, 11) is 0. The third-order valence-corrected chi connectivity index (χ3v) is 1.30. The molecule has 4 heteroatoms. The molecule has 1 aliphatic rings. The average molecular weight is 134 g/mol. The average Bonchev–Trinajstić information content (AvgIpc) is 1.80. The van der Waals surface area contributed by atoms with Gasteiger partial charge in [-0.1, -0.05) is 0 Å². The molecule has 0 amide bonds. The van der Waals surface area contributed by atoms with E-state index in [4.69, 9.17) is 15.3 Å². The number of rotatable bonds is 0. The van der Waals surface area contributed by atoms with Crippen LogP contribution in [0.5, 0.6) is 0 Å². The second-order valence-corrected chi connectivity index (χ2v) is 2.18. The molecule has 1 fully saturated rings. The maximum absolute atomic E-state index is 8.81. The first-order valence-electron chi connectivity index (χ1n) is 2.86. The van der Waals surface area contributed by atoms with E-state index in [2.05, 4.69) is 4.74 Å². The maximum Gasteiger partial charge on any atom is 0.181 e. The topological polar surface area (TPSA) is 69.9 Å². The Kier molecular flexibility index (Phi) is 2.02.